The summed E-state index contributed by atoms with van der Waals surface area (Å²) in [5.41, 5.74) is 6.57. The van der Waals surface area contributed by atoms with E-state index in [1.54, 1.807) is 23.5 Å². The van der Waals surface area contributed by atoms with Crippen LogP contribution in [-0.2, 0) is 19.1 Å². The number of methoxy groups -OCH3 is 1. The van der Waals surface area contributed by atoms with Crippen molar-refractivity contribution >= 4 is 23.8 Å². The Morgan fingerprint density at radius 2 is 1.12 bits per heavy atom. The fraction of sp³-hybridized carbons (Fsp3) is 0.267. The maximum absolute atomic E-state index is 13.9. The van der Waals surface area contributed by atoms with Crippen molar-refractivity contribution in [1.29, 1.82) is 0 Å². The van der Waals surface area contributed by atoms with Gasteiger partial charge in [0.25, 0.3) is 5.91 Å². The molecule has 4 amide bonds. The highest BCUT2D eigenvalue weighted by atomic mass is 16.5. The number of ether oxygens (including phenoxy) is 1. The van der Waals surface area contributed by atoms with E-state index >= 15 is 0 Å². The van der Waals surface area contributed by atoms with Crippen molar-refractivity contribution in [1.82, 2.24) is 45.4 Å². The lowest BCUT2D eigenvalue weighted by molar-refractivity contribution is -0.137. The SMILES string of the molecule is COC(=O)N[C@@H](C(=O)N1CCC[C@H]1c1ncc(-c2ccc(-c3ccc(-c4cnc([C@@H]5CCCN5C(=O)[C@H](NC(C)=O)c5ccccc5)[nH]4)cn3)cc2)[nH]1)c1ccccc1. The Labute approximate surface area is 341 Å². The molecule has 2 fully saturated rings. The Morgan fingerprint density at radius 1 is 0.627 bits per heavy atom. The number of amides is 4. The molecule has 5 heterocycles. The largest absolute Gasteiger partial charge is 0.453 e. The smallest absolute Gasteiger partial charge is 0.407 e. The number of hydrogen-bond donors (Lipinski definition) is 4. The summed E-state index contributed by atoms with van der Waals surface area (Å²) in [6, 6.07) is 28.3. The Balaban J connectivity index is 0.928. The lowest BCUT2D eigenvalue weighted by Gasteiger charge is -2.28. The minimum atomic E-state index is -0.887. The summed E-state index contributed by atoms with van der Waals surface area (Å²) in [4.78, 5) is 76.6. The average Bonchev–Trinajstić information content (AvgIpc) is 4.12. The Kier molecular flexibility index (Phi) is 11.3. The van der Waals surface area contributed by atoms with Crippen LogP contribution in [0.3, 0.4) is 0 Å². The topological polar surface area (TPSA) is 178 Å². The van der Waals surface area contributed by atoms with Crippen LogP contribution in [0.4, 0.5) is 4.79 Å². The molecule has 0 spiro atoms. The predicted octanol–water partition coefficient (Wildman–Crippen LogP) is 6.83. The molecule has 0 radical (unpaired) electrons. The normalized spacial score (nSPS) is 17.3. The van der Waals surface area contributed by atoms with Crippen molar-refractivity contribution in [3.63, 3.8) is 0 Å². The van der Waals surface area contributed by atoms with E-state index in [1.165, 1.54) is 14.0 Å². The van der Waals surface area contributed by atoms with Crippen LogP contribution in [0.2, 0.25) is 0 Å². The summed E-state index contributed by atoms with van der Waals surface area (Å²) in [7, 11) is 1.28. The highest BCUT2D eigenvalue weighted by Crippen LogP contribution is 2.36. The summed E-state index contributed by atoms with van der Waals surface area (Å²) in [5.74, 6) is 0.736. The molecule has 8 rings (SSSR count). The van der Waals surface area contributed by atoms with Gasteiger partial charge in [0.2, 0.25) is 11.8 Å². The molecule has 3 aromatic heterocycles. The van der Waals surface area contributed by atoms with Crippen molar-refractivity contribution < 1.29 is 23.9 Å². The lowest BCUT2D eigenvalue weighted by Crippen LogP contribution is -2.42. The number of pyridine rings is 1. The van der Waals surface area contributed by atoms with Gasteiger partial charge in [-0.15, -0.1) is 0 Å². The van der Waals surface area contributed by atoms with Gasteiger partial charge in [-0.05, 0) is 54.5 Å². The van der Waals surface area contributed by atoms with Gasteiger partial charge >= 0.3 is 6.09 Å². The fourth-order valence-electron chi connectivity index (χ4n) is 8.06. The number of hydrogen-bond acceptors (Lipinski definition) is 8. The molecule has 4 N–H and O–H groups in total. The zero-order valence-electron chi connectivity index (χ0n) is 32.8. The van der Waals surface area contributed by atoms with E-state index < -0.39 is 18.2 Å². The number of nitrogens with zero attached hydrogens (tertiary/aromatic N) is 5. The van der Waals surface area contributed by atoms with Gasteiger partial charge in [-0.25, -0.2) is 14.8 Å². The number of rotatable bonds is 11. The number of carbonyl (C=O) groups is 4. The zero-order valence-corrected chi connectivity index (χ0v) is 32.8. The van der Waals surface area contributed by atoms with Gasteiger partial charge in [-0.3, -0.25) is 19.4 Å². The monoisotopic (exact) mass is 791 g/mol. The Hall–Kier alpha value is -7.09. The number of likely N-dealkylation sites (tertiary alicyclic amines) is 2. The van der Waals surface area contributed by atoms with Crippen LogP contribution in [0.15, 0.2) is 116 Å². The maximum atomic E-state index is 13.9. The van der Waals surface area contributed by atoms with Crippen LogP contribution in [0.1, 0.15) is 79.6 Å². The number of H-pyrrole nitrogens is 2. The first-order valence-corrected chi connectivity index (χ1v) is 19.8. The van der Waals surface area contributed by atoms with Crippen LogP contribution in [0.5, 0.6) is 0 Å². The molecular formula is C45H45N9O5. The molecule has 2 saturated heterocycles. The second-order valence-corrected chi connectivity index (χ2v) is 14.8. The van der Waals surface area contributed by atoms with Crippen LogP contribution >= 0.6 is 0 Å². The summed E-state index contributed by atoms with van der Waals surface area (Å²) in [6.45, 7) is 2.54. The number of benzene rings is 3. The zero-order chi connectivity index (χ0) is 40.9. The molecule has 0 unspecified atom stereocenters. The van der Waals surface area contributed by atoms with Crippen molar-refractivity contribution in [3.05, 3.63) is 138 Å². The molecule has 14 heteroatoms. The number of alkyl carbamates (subject to hydrolysis) is 1. The summed E-state index contributed by atoms with van der Waals surface area (Å²) in [5, 5.41) is 5.54. The number of aromatic amines is 2. The quantitative estimate of drug-likeness (QED) is 0.110. The van der Waals surface area contributed by atoms with Crippen LogP contribution in [-0.4, -0.2) is 78.7 Å². The van der Waals surface area contributed by atoms with Gasteiger partial charge in [-0.2, -0.15) is 0 Å². The van der Waals surface area contributed by atoms with Crippen molar-refractivity contribution in [3.8, 4) is 33.8 Å². The average molecular weight is 792 g/mol. The molecule has 3 aromatic carbocycles. The van der Waals surface area contributed by atoms with E-state index in [4.69, 9.17) is 9.72 Å². The second-order valence-electron chi connectivity index (χ2n) is 14.8. The van der Waals surface area contributed by atoms with Gasteiger partial charge in [-0.1, -0.05) is 84.9 Å². The summed E-state index contributed by atoms with van der Waals surface area (Å²) < 4.78 is 4.82. The van der Waals surface area contributed by atoms with E-state index in [0.717, 1.165) is 65.0 Å². The van der Waals surface area contributed by atoms with Gasteiger partial charge in [0, 0.05) is 37.3 Å². The molecule has 59 heavy (non-hydrogen) atoms. The first-order chi connectivity index (χ1) is 28.8. The molecule has 2 aliphatic heterocycles. The predicted molar refractivity (Wildman–Crippen MR) is 220 cm³/mol. The van der Waals surface area contributed by atoms with Crippen LogP contribution < -0.4 is 10.6 Å². The molecule has 0 bridgehead atoms. The van der Waals surface area contributed by atoms with E-state index in [9.17, 15) is 19.2 Å². The Bertz CT molecular complexity index is 2420. The van der Waals surface area contributed by atoms with Crippen molar-refractivity contribution in [2.45, 2.75) is 56.8 Å². The van der Waals surface area contributed by atoms with E-state index in [0.29, 0.717) is 30.3 Å². The number of carbonyl (C=O) groups excluding carboxylic acids is 4. The summed E-state index contributed by atoms with van der Waals surface area (Å²) in [6.07, 6.45) is 7.83. The highest BCUT2D eigenvalue weighted by molar-refractivity contribution is 5.89. The molecule has 6 aromatic rings. The molecule has 4 atom stereocenters. The van der Waals surface area contributed by atoms with Gasteiger partial charge in [0.05, 0.1) is 48.7 Å². The van der Waals surface area contributed by atoms with Crippen LogP contribution in [0, 0.1) is 0 Å². The second kappa shape index (κ2) is 17.2. The molecule has 0 saturated carbocycles. The number of aromatic nitrogens is 5. The minimum Gasteiger partial charge on any atom is -0.453 e. The third-order valence-corrected chi connectivity index (χ3v) is 11.0. The van der Waals surface area contributed by atoms with Crippen LogP contribution in [0.25, 0.3) is 33.8 Å². The maximum Gasteiger partial charge on any atom is 0.407 e. The van der Waals surface area contributed by atoms with Gasteiger partial charge in [0.1, 0.15) is 23.7 Å². The van der Waals surface area contributed by atoms with E-state index in [1.807, 2.05) is 102 Å². The molecule has 0 aliphatic carbocycles. The molecule has 300 valence electrons. The Morgan fingerprint density at radius 3 is 1.61 bits per heavy atom. The standard InChI is InChI=1S/C45H45N9O5/c1-28(55)49-39(31-11-5-3-6-12-31)43(56)53-23-9-16-38(53)42-48-27-36(51-42)33-21-22-34(46-25-33)29-17-19-30(20-18-29)35-26-47-41(50-35)37-15-10-24-54(37)44(57)40(52-45(58)59-2)32-13-7-4-8-14-32/h3-8,11-14,17-22,25-27,37-40H,9-10,15-16,23-24H2,1-2H3,(H,47,50)(H,48,51)(H,49,55)(H,52,58)/t37-,38-,39+,40+/m0/s1. The highest BCUT2D eigenvalue weighted by Gasteiger charge is 2.38. The van der Waals surface area contributed by atoms with Crippen molar-refractivity contribution in [2.75, 3.05) is 20.2 Å². The number of nitrogens with one attached hydrogen (secondary N) is 4. The first kappa shape index (κ1) is 38.8. The minimum absolute atomic E-state index is 0.159. The first-order valence-electron chi connectivity index (χ1n) is 19.8. The molecule has 14 nitrogen and oxygen atoms in total. The number of imidazole rings is 2. The third-order valence-electron chi connectivity index (χ3n) is 11.0. The van der Waals surface area contributed by atoms with Gasteiger partial charge < -0.3 is 35.1 Å². The van der Waals surface area contributed by atoms with E-state index in [2.05, 4.69) is 30.6 Å². The summed E-state index contributed by atoms with van der Waals surface area (Å²) >= 11 is 0. The third kappa shape index (κ3) is 8.33. The molecule has 2 aliphatic rings. The lowest BCUT2D eigenvalue weighted by atomic mass is 10.0. The fourth-order valence-corrected chi connectivity index (χ4v) is 8.06. The van der Waals surface area contributed by atoms with E-state index in [-0.39, 0.29) is 29.8 Å². The molecular weight excluding hydrogens is 747 g/mol. The van der Waals surface area contributed by atoms with Crippen molar-refractivity contribution in [2.24, 2.45) is 0 Å². The van der Waals surface area contributed by atoms with Gasteiger partial charge in [0.15, 0.2) is 0 Å².